The predicted octanol–water partition coefficient (Wildman–Crippen LogP) is 4.54. The van der Waals surface area contributed by atoms with Crippen molar-refractivity contribution < 1.29 is 9.59 Å². The van der Waals surface area contributed by atoms with Crippen LogP contribution in [0.25, 0.3) is 0 Å². The van der Waals surface area contributed by atoms with Crippen molar-refractivity contribution in [1.82, 2.24) is 5.32 Å². The molecule has 0 aliphatic rings. The first kappa shape index (κ1) is 16.5. The van der Waals surface area contributed by atoms with Gasteiger partial charge in [0.2, 0.25) is 0 Å². The maximum Gasteiger partial charge on any atom is 0.257 e. The maximum atomic E-state index is 12.2. The number of thiophene rings is 1. The Labute approximate surface area is 147 Å². The standard InChI is InChI=1S/C13H9Br2ClN2O2S/c1-17-12(19)6-2-3-8(16)9(4-6)18-13(20)7-5-10(14)21-11(7)15/h2-5H,1H3,(H,17,19)(H,18,20). The Morgan fingerprint density at radius 3 is 2.48 bits per heavy atom. The van der Waals surface area contributed by atoms with Crippen molar-refractivity contribution in [2.45, 2.75) is 0 Å². The number of halogens is 3. The van der Waals surface area contributed by atoms with E-state index < -0.39 is 0 Å². The molecule has 0 unspecified atom stereocenters. The summed E-state index contributed by atoms with van der Waals surface area (Å²) in [6.45, 7) is 0. The van der Waals surface area contributed by atoms with E-state index in [4.69, 9.17) is 11.6 Å². The van der Waals surface area contributed by atoms with Gasteiger partial charge in [-0.15, -0.1) is 11.3 Å². The molecule has 1 heterocycles. The highest BCUT2D eigenvalue weighted by Gasteiger charge is 2.16. The van der Waals surface area contributed by atoms with E-state index in [0.717, 1.165) is 3.79 Å². The van der Waals surface area contributed by atoms with E-state index in [2.05, 4.69) is 42.5 Å². The molecule has 2 N–H and O–H groups in total. The molecule has 0 radical (unpaired) electrons. The summed E-state index contributed by atoms with van der Waals surface area (Å²) in [5.74, 6) is -0.554. The van der Waals surface area contributed by atoms with Gasteiger partial charge in [-0.25, -0.2) is 0 Å². The molecule has 0 aliphatic heterocycles. The molecule has 4 nitrogen and oxygen atoms in total. The molecule has 0 fully saturated rings. The van der Waals surface area contributed by atoms with E-state index in [0.29, 0.717) is 25.6 Å². The molecule has 0 saturated heterocycles. The molecule has 0 aliphatic carbocycles. The Hall–Kier alpha value is -0.890. The first-order valence-corrected chi connectivity index (χ1v) is 8.48. The van der Waals surface area contributed by atoms with Gasteiger partial charge in [-0.1, -0.05) is 11.6 Å². The van der Waals surface area contributed by atoms with Crippen LogP contribution in [-0.4, -0.2) is 18.9 Å². The second kappa shape index (κ2) is 6.91. The Morgan fingerprint density at radius 2 is 1.90 bits per heavy atom. The van der Waals surface area contributed by atoms with Crippen molar-refractivity contribution in [2.24, 2.45) is 0 Å². The van der Waals surface area contributed by atoms with Gasteiger partial charge in [-0.05, 0) is 56.1 Å². The van der Waals surface area contributed by atoms with Crippen molar-refractivity contribution in [2.75, 3.05) is 12.4 Å². The Balaban J connectivity index is 2.28. The summed E-state index contributed by atoms with van der Waals surface area (Å²) < 4.78 is 1.55. The lowest BCUT2D eigenvalue weighted by atomic mass is 10.2. The summed E-state index contributed by atoms with van der Waals surface area (Å²) in [6.07, 6.45) is 0. The van der Waals surface area contributed by atoms with E-state index >= 15 is 0 Å². The molecular formula is C13H9Br2ClN2O2S. The van der Waals surface area contributed by atoms with Gasteiger partial charge in [0.25, 0.3) is 11.8 Å². The minimum atomic E-state index is -0.306. The Morgan fingerprint density at radius 1 is 1.19 bits per heavy atom. The van der Waals surface area contributed by atoms with Gasteiger partial charge in [-0.2, -0.15) is 0 Å². The van der Waals surface area contributed by atoms with Crippen LogP contribution >= 0.6 is 54.8 Å². The highest BCUT2D eigenvalue weighted by molar-refractivity contribution is 9.12. The van der Waals surface area contributed by atoms with Crippen molar-refractivity contribution in [3.8, 4) is 0 Å². The van der Waals surface area contributed by atoms with Crippen molar-refractivity contribution in [3.63, 3.8) is 0 Å². The lowest BCUT2D eigenvalue weighted by Gasteiger charge is -2.08. The number of hydrogen-bond acceptors (Lipinski definition) is 3. The number of benzene rings is 1. The predicted molar refractivity (Wildman–Crippen MR) is 92.5 cm³/mol. The summed E-state index contributed by atoms with van der Waals surface area (Å²) in [4.78, 5) is 23.8. The normalized spacial score (nSPS) is 10.3. The highest BCUT2D eigenvalue weighted by Crippen LogP contribution is 2.33. The SMILES string of the molecule is CNC(=O)c1ccc(Cl)c(NC(=O)c2cc(Br)sc2Br)c1. The molecule has 0 saturated carbocycles. The van der Waals surface area contributed by atoms with E-state index in [1.54, 1.807) is 18.2 Å². The van der Waals surface area contributed by atoms with Gasteiger partial charge in [0, 0.05) is 12.6 Å². The fourth-order valence-electron chi connectivity index (χ4n) is 1.59. The number of carbonyl (C=O) groups excluding carboxylic acids is 2. The first-order valence-electron chi connectivity index (χ1n) is 5.70. The molecule has 2 rings (SSSR count). The minimum absolute atomic E-state index is 0.248. The van der Waals surface area contributed by atoms with Gasteiger partial charge in [0.1, 0.15) is 0 Å². The molecule has 8 heteroatoms. The van der Waals surface area contributed by atoms with Crippen LogP contribution in [0.4, 0.5) is 5.69 Å². The zero-order chi connectivity index (χ0) is 15.6. The smallest absolute Gasteiger partial charge is 0.257 e. The molecule has 1 aromatic carbocycles. The third-order valence-electron chi connectivity index (χ3n) is 2.61. The second-order valence-corrected chi connectivity index (χ2v) is 8.12. The molecule has 110 valence electrons. The summed E-state index contributed by atoms with van der Waals surface area (Å²) in [5.41, 5.74) is 1.30. The third kappa shape index (κ3) is 3.85. The molecule has 2 aromatic rings. The number of rotatable bonds is 3. The number of carbonyl (C=O) groups is 2. The molecule has 0 atom stereocenters. The van der Waals surface area contributed by atoms with E-state index in [9.17, 15) is 9.59 Å². The molecule has 1 aromatic heterocycles. The van der Waals surface area contributed by atoms with Gasteiger partial charge in [-0.3, -0.25) is 9.59 Å². The van der Waals surface area contributed by atoms with Crippen LogP contribution in [0.15, 0.2) is 31.8 Å². The van der Waals surface area contributed by atoms with Gasteiger partial charge >= 0.3 is 0 Å². The van der Waals surface area contributed by atoms with Crippen molar-refractivity contribution >= 4 is 72.3 Å². The fraction of sp³-hybridized carbons (Fsp3) is 0.0769. The highest BCUT2D eigenvalue weighted by atomic mass is 79.9. The molecule has 0 bridgehead atoms. The Bertz CT molecular complexity index is 718. The largest absolute Gasteiger partial charge is 0.355 e. The second-order valence-electron chi connectivity index (χ2n) is 3.97. The van der Waals surface area contributed by atoms with Crippen LogP contribution in [0.2, 0.25) is 5.02 Å². The number of anilines is 1. The van der Waals surface area contributed by atoms with Crippen molar-refractivity contribution in [3.05, 3.63) is 48.0 Å². The maximum absolute atomic E-state index is 12.2. The van der Waals surface area contributed by atoms with Crippen LogP contribution in [-0.2, 0) is 0 Å². The number of hydrogen-bond donors (Lipinski definition) is 2. The van der Waals surface area contributed by atoms with Crippen LogP contribution in [0, 0.1) is 0 Å². The molecular weight excluding hydrogens is 443 g/mol. The number of amides is 2. The molecule has 21 heavy (non-hydrogen) atoms. The van der Waals surface area contributed by atoms with E-state index in [1.165, 1.54) is 24.5 Å². The fourth-order valence-corrected chi connectivity index (χ4v) is 4.55. The Kier molecular flexibility index (Phi) is 5.43. The number of nitrogens with one attached hydrogen (secondary N) is 2. The average molecular weight is 453 g/mol. The van der Waals surface area contributed by atoms with Crippen molar-refractivity contribution in [1.29, 1.82) is 0 Å². The topological polar surface area (TPSA) is 58.2 Å². The monoisotopic (exact) mass is 450 g/mol. The van der Waals surface area contributed by atoms with Crippen LogP contribution in [0.5, 0.6) is 0 Å². The van der Waals surface area contributed by atoms with Crippen LogP contribution < -0.4 is 10.6 Å². The molecule has 2 amide bonds. The summed E-state index contributed by atoms with van der Waals surface area (Å²) in [5, 5.41) is 5.59. The molecule has 0 spiro atoms. The van der Waals surface area contributed by atoms with Crippen LogP contribution in [0.3, 0.4) is 0 Å². The zero-order valence-corrected chi connectivity index (χ0v) is 15.4. The van der Waals surface area contributed by atoms with E-state index in [-0.39, 0.29) is 11.8 Å². The zero-order valence-electron chi connectivity index (χ0n) is 10.7. The summed E-state index contributed by atoms with van der Waals surface area (Å²) >= 11 is 14.1. The lowest BCUT2D eigenvalue weighted by Crippen LogP contribution is -2.18. The quantitative estimate of drug-likeness (QED) is 0.719. The van der Waals surface area contributed by atoms with Gasteiger partial charge < -0.3 is 10.6 Å². The third-order valence-corrected chi connectivity index (χ3v) is 5.27. The summed E-state index contributed by atoms with van der Waals surface area (Å²) in [6, 6.07) is 6.41. The van der Waals surface area contributed by atoms with Gasteiger partial charge in [0.05, 0.1) is 23.8 Å². The summed E-state index contributed by atoms with van der Waals surface area (Å²) in [7, 11) is 1.54. The van der Waals surface area contributed by atoms with Gasteiger partial charge in [0.15, 0.2) is 0 Å². The van der Waals surface area contributed by atoms with E-state index in [1.807, 2.05) is 0 Å². The minimum Gasteiger partial charge on any atom is -0.355 e. The average Bonchev–Trinajstić information content (AvgIpc) is 2.79. The lowest BCUT2D eigenvalue weighted by molar-refractivity contribution is 0.0961. The van der Waals surface area contributed by atoms with Crippen LogP contribution in [0.1, 0.15) is 20.7 Å². The first-order chi connectivity index (χ1) is 9.92.